The van der Waals surface area contributed by atoms with E-state index in [0.717, 1.165) is 31.4 Å². The first-order chi connectivity index (χ1) is 7.84. The topological polar surface area (TPSA) is 21.3 Å². The quantitative estimate of drug-likeness (QED) is 0.743. The molecule has 1 aromatic carbocycles. The fourth-order valence-electron chi connectivity index (χ4n) is 1.88. The number of benzene rings is 1. The minimum atomic E-state index is 0.760. The Morgan fingerprint density at radius 3 is 2.62 bits per heavy atom. The van der Waals surface area contributed by atoms with Crippen molar-refractivity contribution in [2.75, 3.05) is 19.7 Å². The van der Waals surface area contributed by atoms with Gasteiger partial charge in [-0.1, -0.05) is 24.1 Å². The van der Waals surface area contributed by atoms with E-state index in [2.05, 4.69) is 24.4 Å². The Hall–Kier alpha value is -1.02. The number of rotatable bonds is 6. The molecule has 1 fully saturated rings. The molecule has 16 heavy (non-hydrogen) atoms. The van der Waals surface area contributed by atoms with Gasteiger partial charge in [0.15, 0.2) is 0 Å². The molecule has 0 bridgehead atoms. The third-order valence-electron chi connectivity index (χ3n) is 3.23. The summed E-state index contributed by atoms with van der Waals surface area (Å²) in [7, 11) is 0. The molecule has 0 aromatic heterocycles. The zero-order valence-electron chi connectivity index (χ0n) is 10.0. The van der Waals surface area contributed by atoms with Gasteiger partial charge in [0.05, 0.1) is 0 Å². The van der Waals surface area contributed by atoms with Gasteiger partial charge in [-0.3, -0.25) is 0 Å². The van der Waals surface area contributed by atoms with Crippen LogP contribution in [0.1, 0.15) is 24.8 Å². The van der Waals surface area contributed by atoms with Crippen LogP contribution in [-0.2, 0) is 0 Å². The summed E-state index contributed by atoms with van der Waals surface area (Å²) >= 11 is 0. The Balaban J connectivity index is 1.55. The largest absolute Gasteiger partial charge is 0.492 e. The SMILES string of the molecule is Cc1ccc(OCCNCC2CCC2)cc1. The van der Waals surface area contributed by atoms with E-state index in [-0.39, 0.29) is 0 Å². The second kappa shape index (κ2) is 5.90. The lowest BCUT2D eigenvalue weighted by atomic mass is 9.85. The molecule has 0 atom stereocenters. The van der Waals surface area contributed by atoms with Gasteiger partial charge in [-0.25, -0.2) is 0 Å². The number of hydrogen-bond donors (Lipinski definition) is 1. The molecule has 0 unspecified atom stereocenters. The Bertz CT molecular complexity index is 303. The predicted octanol–water partition coefficient (Wildman–Crippen LogP) is 2.76. The minimum absolute atomic E-state index is 0.760. The maximum atomic E-state index is 5.63. The van der Waals surface area contributed by atoms with Crippen molar-refractivity contribution >= 4 is 0 Å². The van der Waals surface area contributed by atoms with Crippen LogP contribution in [0, 0.1) is 12.8 Å². The molecule has 88 valence electrons. The third-order valence-corrected chi connectivity index (χ3v) is 3.23. The average molecular weight is 219 g/mol. The van der Waals surface area contributed by atoms with E-state index < -0.39 is 0 Å². The first-order valence-electron chi connectivity index (χ1n) is 6.25. The summed E-state index contributed by atoms with van der Waals surface area (Å²) in [4.78, 5) is 0. The molecule has 2 nitrogen and oxygen atoms in total. The molecule has 0 saturated heterocycles. The Labute approximate surface area is 98.0 Å². The van der Waals surface area contributed by atoms with E-state index in [4.69, 9.17) is 4.74 Å². The Kier molecular flexibility index (Phi) is 4.23. The van der Waals surface area contributed by atoms with Crippen LogP contribution in [-0.4, -0.2) is 19.7 Å². The highest BCUT2D eigenvalue weighted by Crippen LogP contribution is 2.24. The van der Waals surface area contributed by atoms with Crippen molar-refractivity contribution in [1.82, 2.24) is 5.32 Å². The van der Waals surface area contributed by atoms with Gasteiger partial charge < -0.3 is 10.1 Å². The van der Waals surface area contributed by atoms with E-state index in [1.54, 1.807) is 0 Å². The van der Waals surface area contributed by atoms with Crippen LogP contribution in [0.25, 0.3) is 0 Å². The highest BCUT2D eigenvalue weighted by Gasteiger charge is 2.15. The van der Waals surface area contributed by atoms with Gasteiger partial charge in [-0.2, -0.15) is 0 Å². The molecular weight excluding hydrogens is 198 g/mol. The predicted molar refractivity (Wildman–Crippen MR) is 66.9 cm³/mol. The van der Waals surface area contributed by atoms with Gasteiger partial charge in [0.25, 0.3) is 0 Å². The maximum Gasteiger partial charge on any atom is 0.119 e. The molecule has 0 amide bonds. The van der Waals surface area contributed by atoms with Crippen LogP contribution in [0.3, 0.4) is 0 Å². The first kappa shape index (κ1) is 11.5. The standard InChI is InChI=1S/C14H21NO/c1-12-5-7-14(8-6-12)16-10-9-15-11-13-3-2-4-13/h5-8,13,15H,2-4,9-11H2,1H3. The van der Waals surface area contributed by atoms with E-state index in [1.165, 1.54) is 24.8 Å². The van der Waals surface area contributed by atoms with Crippen LogP contribution in [0.2, 0.25) is 0 Å². The average Bonchev–Trinajstić information content (AvgIpc) is 2.23. The van der Waals surface area contributed by atoms with Gasteiger partial charge in [-0.15, -0.1) is 0 Å². The molecule has 1 N–H and O–H groups in total. The van der Waals surface area contributed by atoms with E-state index >= 15 is 0 Å². The minimum Gasteiger partial charge on any atom is -0.492 e. The normalized spacial score (nSPS) is 15.8. The molecule has 1 aliphatic carbocycles. The van der Waals surface area contributed by atoms with Gasteiger partial charge in [0.2, 0.25) is 0 Å². The van der Waals surface area contributed by atoms with Gasteiger partial charge >= 0.3 is 0 Å². The van der Waals surface area contributed by atoms with Crippen LogP contribution in [0.15, 0.2) is 24.3 Å². The molecule has 1 aromatic rings. The highest BCUT2D eigenvalue weighted by molar-refractivity contribution is 5.26. The molecule has 1 aliphatic rings. The van der Waals surface area contributed by atoms with Crippen molar-refractivity contribution in [1.29, 1.82) is 0 Å². The second-order valence-electron chi connectivity index (χ2n) is 4.66. The zero-order valence-corrected chi connectivity index (χ0v) is 10.0. The number of nitrogens with one attached hydrogen (secondary N) is 1. The molecule has 0 spiro atoms. The third kappa shape index (κ3) is 3.53. The van der Waals surface area contributed by atoms with Crippen LogP contribution in [0.4, 0.5) is 0 Å². The fraction of sp³-hybridized carbons (Fsp3) is 0.571. The van der Waals surface area contributed by atoms with Crippen LogP contribution < -0.4 is 10.1 Å². The van der Waals surface area contributed by atoms with Crippen LogP contribution >= 0.6 is 0 Å². The highest BCUT2D eigenvalue weighted by atomic mass is 16.5. The maximum absolute atomic E-state index is 5.63. The Morgan fingerprint density at radius 1 is 1.25 bits per heavy atom. The summed E-state index contributed by atoms with van der Waals surface area (Å²) in [6.07, 6.45) is 4.24. The molecule has 2 rings (SSSR count). The summed E-state index contributed by atoms with van der Waals surface area (Å²) < 4.78 is 5.63. The van der Waals surface area contributed by atoms with Crippen molar-refractivity contribution in [3.05, 3.63) is 29.8 Å². The van der Waals surface area contributed by atoms with Gasteiger partial charge in [-0.05, 0) is 44.4 Å². The van der Waals surface area contributed by atoms with Crippen molar-refractivity contribution in [2.45, 2.75) is 26.2 Å². The van der Waals surface area contributed by atoms with Crippen LogP contribution in [0.5, 0.6) is 5.75 Å². The lowest BCUT2D eigenvalue weighted by Gasteiger charge is -2.25. The van der Waals surface area contributed by atoms with E-state index in [0.29, 0.717) is 0 Å². The van der Waals surface area contributed by atoms with E-state index in [9.17, 15) is 0 Å². The van der Waals surface area contributed by atoms with Crippen molar-refractivity contribution in [2.24, 2.45) is 5.92 Å². The number of aryl methyl sites for hydroxylation is 1. The second-order valence-corrected chi connectivity index (χ2v) is 4.66. The van der Waals surface area contributed by atoms with Crippen molar-refractivity contribution in [3.63, 3.8) is 0 Å². The fourth-order valence-corrected chi connectivity index (χ4v) is 1.88. The Morgan fingerprint density at radius 2 is 2.00 bits per heavy atom. The summed E-state index contributed by atoms with van der Waals surface area (Å²) in [5.41, 5.74) is 1.27. The van der Waals surface area contributed by atoms with Gasteiger partial charge in [0, 0.05) is 6.54 Å². The molecule has 1 saturated carbocycles. The van der Waals surface area contributed by atoms with E-state index in [1.807, 2.05) is 12.1 Å². The number of hydrogen-bond acceptors (Lipinski definition) is 2. The van der Waals surface area contributed by atoms with Crippen molar-refractivity contribution in [3.8, 4) is 5.75 Å². The van der Waals surface area contributed by atoms with Crippen molar-refractivity contribution < 1.29 is 4.74 Å². The molecule has 2 heteroatoms. The first-order valence-corrected chi connectivity index (χ1v) is 6.25. The lowest BCUT2D eigenvalue weighted by molar-refractivity contribution is 0.276. The summed E-state index contributed by atoms with van der Waals surface area (Å²) in [5.74, 6) is 1.90. The zero-order chi connectivity index (χ0) is 11.2. The molecular formula is C14H21NO. The summed E-state index contributed by atoms with van der Waals surface area (Å²) in [5, 5.41) is 3.44. The number of ether oxygens (including phenoxy) is 1. The smallest absolute Gasteiger partial charge is 0.119 e. The summed E-state index contributed by atoms with van der Waals surface area (Å²) in [6, 6.07) is 8.22. The summed E-state index contributed by atoms with van der Waals surface area (Å²) in [6.45, 7) is 4.96. The molecule has 0 aliphatic heterocycles. The van der Waals surface area contributed by atoms with Gasteiger partial charge in [0.1, 0.15) is 12.4 Å². The molecule has 0 heterocycles. The molecule has 0 radical (unpaired) electrons. The monoisotopic (exact) mass is 219 g/mol. The lowest BCUT2D eigenvalue weighted by Crippen LogP contribution is -2.30.